The zero-order valence-corrected chi connectivity index (χ0v) is 20.1. The topological polar surface area (TPSA) is 77.1 Å². The Hall–Kier alpha value is -3.23. The Bertz CT molecular complexity index is 1200. The first kappa shape index (κ1) is 22.9. The number of carbonyl (C=O) groups is 2. The molecule has 0 fully saturated rings. The van der Waals surface area contributed by atoms with Gasteiger partial charge in [0.15, 0.2) is 11.5 Å². The van der Waals surface area contributed by atoms with Crippen molar-refractivity contribution in [3.63, 3.8) is 0 Å². The smallest absolute Gasteiger partial charge is 0.254 e. The van der Waals surface area contributed by atoms with Gasteiger partial charge in [0.2, 0.25) is 5.91 Å². The molecule has 0 radical (unpaired) electrons. The minimum absolute atomic E-state index is 0.194. The molecule has 0 saturated carbocycles. The second-order valence-electron chi connectivity index (χ2n) is 7.49. The third kappa shape index (κ3) is 4.12. The number of halogens is 1. The number of fused-ring (bicyclic) bond motifs is 1. The number of ether oxygens (including phenoxy) is 3. The molecule has 2 heterocycles. The van der Waals surface area contributed by atoms with E-state index in [9.17, 15) is 9.59 Å². The van der Waals surface area contributed by atoms with Gasteiger partial charge in [0, 0.05) is 23.2 Å². The van der Waals surface area contributed by atoms with Crippen LogP contribution in [0.1, 0.15) is 32.8 Å². The normalized spacial score (nSPS) is 17.4. The molecule has 7 nitrogen and oxygen atoms in total. The largest absolute Gasteiger partial charge is 0.495 e. The fourth-order valence-electron chi connectivity index (χ4n) is 4.11. The van der Waals surface area contributed by atoms with Crippen molar-refractivity contribution in [1.82, 2.24) is 4.90 Å². The summed E-state index contributed by atoms with van der Waals surface area (Å²) in [5, 5.41) is 5.26. The molecule has 4 rings (SSSR count). The van der Waals surface area contributed by atoms with Gasteiger partial charge in [0.1, 0.15) is 5.75 Å². The zero-order valence-electron chi connectivity index (χ0n) is 18.5. The van der Waals surface area contributed by atoms with Gasteiger partial charge in [-0.3, -0.25) is 9.59 Å². The van der Waals surface area contributed by atoms with Crippen molar-refractivity contribution < 1.29 is 23.8 Å². The van der Waals surface area contributed by atoms with Crippen LogP contribution < -0.4 is 19.5 Å². The highest BCUT2D eigenvalue weighted by Crippen LogP contribution is 2.47. The molecule has 0 aliphatic carbocycles. The van der Waals surface area contributed by atoms with Gasteiger partial charge in [-0.2, -0.15) is 0 Å². The van der Waals surface area contributed by atoms with Crippen LogP contribution in [-0.2, 0) is 4.79 Å². The number of amides is 2. The molecule has 0 bridgehead atoms. The third-order valence-corrected chi connectivity index (χ3v) is 6.95. The Kier molecular flexibility index (Phi) is 6.49. The Morgan fingerprint density at radius 3 is 2.33 bits per heavy atom. The minimum atomic E-state index is -0.693. The molecule has 1 aromatic heterocycles. The summed E-state index contributed by atoms with van der Waals surface area (Å²) in [5.74, 6) is 0.221. The summed E-state index contributed by atoms with van der Waals surface area (Å²) in [6.45, 7) is 0. The van der Waals surface area contributed by atoms with E-state index in [4.69, 9.17) is 25.8 Å². The van der Waals surface area contributed by atoms with E-state index in [2.05, 4.69) is 5.32 Å². The summed E-state index contributed by atoms with van der Waals surface area (Å²) in [5.41, 5.74) is 1.50. The lowest BCUT2D eigenvalue weighted by atomic mass is 9.81. The maximum absolute atomic E-state index is 13.7. The first-order valence-corrected chi connectivity index (χ1v) is 11.4. The SMILES string of the molecule is COc1ccc(NC(=O)[C@H]2c3cc(OC)c(OC)cc3C(=O)N(C)[C@@H]2c2cccs2)cc1Cl. The maximum Gasteiger partial charge on any atom is 0.254 e. The molecular weight excluding hydrogens is 464 g/mol. The molecule has 1 aliphatic heterocycles. The van der Waals surface area contributed by atoms with Crippen LogP contribution in [0.5, 0.6) is 17.2 Å². The molecule has 0 unspecified atom stereocenters. The van der Waals surface area contributed by atoms with Crippen molar-refractivity contribution in [2.75, 3.05) is 33.7 Å². The highest BCUT2D eigenvalue weighted by molar-refractivity contribution is 7.10. The number of nitrogens with one attached hydrogen (secondary N) is 1. The molecule has 1 N–H and O–H groups in total. The van der Waals surface area contributed by atoms with Gasteiger partial charge in [-0.25, -0.2) is 0 Å². The van der Waals surface area contributed by atoms with E-state index >= 15 is 0 Å². The van der Waals surface area contributed by atoms with Crippen molar-refractivity contribution >= 4 is 40.4 Å². The number of likely N-dealkylation sites (N-methyl/N-ethyl adjacent to an activating group) is 1. The molecule has 2 atom stereocenters. The zero-order chi connectivity index (χ0) is 23.7. The molecule has 172 valence electrons. The average Bonchev–Trinajstić information content (AvgIpc) is 3.34. The molecule has 2 amide bonds. The van der Waals surface area contributed by atoms with Crippen molar-refractivity contribution in [2.45, 2.75) is 12.0 Å². The molecule has 2 aromatic carbocycles. The van der Waals surface area contributed by atoms with Gasteiger partial charge >= 0.3 is 0 Å². The second-order valence-corrected chi connectivity index (χ2v) is 8.87. The molecule has 0 saturated heterocycles. The first-order valence-electron chi connectivity index (χ1n) is 10.1. The summed E-state index contributed by atoms with van der Waals surface area (Å²) in [6.07, 6.45) is 0. The summed E-state index contributed by atoms with van der Waals surface area (Å²) in [7, 11) is 6.26. The van der Waals surface area contributed by atoms with Gasteiger partial charge in [0.25, 0.3) is 5.91 Å². The lowest BCUT2D eigenvalue weighted by Gasteiger charge is -2.39. The van der Waals surface area contributed by atoms with Crippen LogP contribution in [0.3, 0.4) is 0 Å². The number of benzene rings is 2. The number of rotatable bonds is 6. The van der Waals surface area contributed by atoms with Crippen LogP contribution in [0.25, 0.3) is 0 Å². The highest BCUT2D eigenvalue weighted by Gasteiger charge is 2.44. The van der Waals surface area contributed by atoms with E-state index in [0.717, 1.165) is 4.88 Å². The molecule has 1 aliphatic rings. The van der Waals surface area contributed by atoms with Crippen molar-refractivity contribution in [1.29, 1.82) is 0 Å². The van der Waals surface area contributed by atoms with Gasteiger partial charge in [-0.05, 0) is 47.3 Å². The van der Waals surface area contributed by atoms with Crippen LogP contribution >= 0.6 is 22.9 Å². The predicted molar refractivity (Wildman–Crippen MR) is 128 cm³/mol. The van der Waals surface area contributed by atoms with E-state index in [1.807, 2.05) is 17.5 Å². The van der Waals surface area contributed by atoms with E-state index < -0.39 is 12.0 Å². The lowest BCUT2D eigenvalue weighted by Crippen LogP contribution is -2.43. The maximum atomic E-state index is 13.7. The van der Waals surface area contributed by atoms with Gasteiger partial charge in [-0.1, -0.05) is 17.7 Å². The minimum Gasteiger partial charge on any atom is -0.495 e. The number of hydrogen-bond donors (Lipinski definition) is 1. The molecular formula is C24H23ClN2O5S. The fraction of sp³-hybridized carbons (Fsp3) is 0.250. The van der Waals surface area contributed by atoms with E-state index in [1.165, 1.54) is 32.7 Å². The van der Waals surface area contributed by atoms with Crippen LogP contribution in [0, 0.1) is 0 Å². The summed E-state index contributed by atoms with van der Waals surface area (Å²) in [4.78, 5) is 29.5. The standard InChI is InChI=1S/C24H23ClN2O5S/c1-27-22(20-6-5-9-33-20)21(23(28)26-13-7-8-17(30-2)16(25)10-13)14-11-18(31-3)19(32-4)12-15(14)24(27)29/h5-12,21-22H,1-4H3,(H,26,28)/t21-,22+/m0/s1. The number of carbonyl (C=O) groups excluding carboxylic acids is 2. The van der Waals surface area contributed by atoms with Crippen molar-refractivity contribution in [2.24, 2.45) is 0 Å². The van der Waals surface area contributed by atoms with Crippen molar-refractivity contribution in [3.8, 4) is 17.2 Å². The Morgan fingerprint density at radius 2 is 1.73 bits per heavy atom. The highest BCUT2D eigenvalue weighted by atomic mass is 35.5. The lowest BCUT2D eigenvalue weighted by molar-refractivity contribution is -0.119. The first-order chi connectivity index (χ1) is 15.9. The third-order valence-electron chi connectivity index (χ3n) is 5.71. The average molecular weight is 487 g/mol. The summed E-state index contributed by atoms with van der Waals surface area (Å²) in [6, 6.07) is 11.7. The van der Waals surface area contributed by atoms with Crippen LogP contribution in [0.4, 0.5) is 5.69 Å². The van der Waals surface area contributed by atoms with Gasteiger partial charge in [-0.15, -0.1) is 11.3 Å². The van der Waals surface area contributed by atoms with E-state index in [1.54, 1.807) is 42.3 Å². The van der Waals surface area contributed by atoms with Crippen molar-refractivity contribution in [3.05, 3.63) is 68.9 Å². The van der Waals surface area contributed by atoms with E-state index in [-0.39, 0.29) is 11.8 Å². The van der Waals surface area contributed by atoms with E-state index in [0.29, 0.717) is 39.1 Å². The molecule has 3 aromatic rings. The van der Waals surface area contributed by atoms with Gasteiger partial charge < -0.3 is 24.4 Å². The molecule has 33 heavy (non-hydrogen) atoms. The molecule has 9 heteroatoms. The summed E-state index contributed by atoms with van der Waals surface area (Å²) >= 11 is 7.74. The number of methoxy groups -OCH3 is 3. The molecule has 0 spiro atoms. The number of anilines is 1. The Labute approximate surface area is 200 Å². The second kappa shape index (κ2) is 9.33. The summed E-state index contributed by atoms with van der Waals surface area (Å²) < 4.78 is 16.1. The Balaban J connectivity index is 1.83. The quantitative estimate of drug-likeness (QED) is 0.532. The Morgan fingerprint density at radius 1 is 1.03 bits per heavy atom. The number of nitrogens with zero attached hydrogens (tertiary/aromatic N) is 1. The fourth-order valence-corrected chi connectivity index (χ4v) is 5.27. The van der Waals surface area contributed by atoms with Crippen LogP contribution in [0.15, 0.2) is 47.8 Å². The van der Waals surface area contributed by atoms with Crippen LogP contribution in [0.2, 0.25) is 5.02 Å². The number of thiophene rings is 1. The number of hydrogen-bond acceptors (Lipinski definition) is 6. The monoisotopic (exact) mass is 486 g/mol. The predicted octanol–water partition coefficient (Wildman–Crippen LogP) is 4.98. The van der Waals surface area contributed by atoms with Crippen LogP contribution in [-0.4, -0.2) is 45.1 Å². The van der Waals surface area contributed by atoms with Gasteiger partial charge in [0.05, 0.1) is 38.3 Å².